The highest BCUT2D eigenvalue weighted by molar-refractivity contribution is 7.17. The van der Waals surface area contributed by atoms with E-state index in [2.05, 4.69) is 27.1 Å². The molecule has 0 radical (unpaired) electrons. The maximum absolute atomic E-state index is 12.9. The van der Waals surface area contributed by atoms with Gasteiger partial charge in [-0.3, -0.25) is 14.7 Å². The number of anilines is 1. The topological polar surface area (TPSA) is 84.8 Å². The first-order chi connectivity index (χ1) is 15.5. The van der Waals surface area contributed by atoms with E-state index in [1.165, 1.54) is 11.3 Å². The summed E-state index contributed by atoms with van der Waals surface area (Å²) in [7, 11) is 1.72. The van der Waals surface area contributed by atoms with E-state index in [0.717, 1.165) is 28.3 Å². The molecule has 0 spiro atoms. The molecular weight excluding hydrogens is 436 g/mol. The maximum Gasteiger partial charge on any atom is 0.434 e. The number of carbonyl (C=O) groups is 2. The number of hydrogen-bond acceptors (Lipinski definition) is 6. The molecule has 1 aliphatic rings. The van der Waals surface area contributed by atoms with Crippen molar-refractivity contribution < 1.29 is 14.3 Å². The summed E-state index contributed by atoms with van der Waals surface area (Å²) < 4.78 is 5.26. The van der Waals surface area contributed by atoms with Crippen LogP contribution in [0.2, 0.25) is 0 Å². The average Bonchev–Trinajstić information content (AvgIpc) is 3.14. The summed E-state index contributed by atoms with van der Waals surface area (Å²) in [5.41, 5.74) is 2.64. The number of nitrogens with zero attached hydrogens (tertiary/aromatic N) is 4. The average molecular weight is 467 g/mol. The highest BCUT2D eigenvalue weighted by Gasteiger charge is 2.21. The van der Waals surface area contributed by atoms with E-state index in [1.54, 1.807) is 45.8 Å². The molecule has 2 aromatic heterocycles. The normalized spacial score (nSPS) is 16.4. The molecule has 2 heterocycles. The third-order valence-electron chi connectivity index (χ3n) is 5.03. The van der Waals surface area contributed by atoms with Crippen molar-refractivity contribution in [2.75, 3.05) is 11.9 Å². The van der Waals surface area contributed by atoms with Crippen molar-refractivity contribution in [2.45, 2.75) is 59.0 Å². The summed E-state index contributed by atoms with van der Waals surface area (Å²) in [6, 6.07) is 5.91. The van der Waals surface area contributed by atoms with Crippen LogP contribution in [-0.2, 0) is 9.53 Å². The molecule has 0 bridgehead atoms. The molecule has 0 saturated carbocycles. The van der Waals surface area contributed by atoms with Crippen molar-refractivity contribution in [3.05, 3.63) is 64.5 Å². The van der Waals surface area contributed by atoms with Gasteiger partial charge < -0.3 is 4.74 Å². The van der Waals surface area contributed by atoms with Gasteiger partial charge in [0, 0.05) is 24.9 Å². The number of rotatable bonds is 5. The molecule has 3 rings (SSSR count). The van der Waals surface area contributed by atoms with Gasteiger partial charge in [0.15, 0.2) is 5.13 Å². The Hall–Kier alpha value is -3.13. The van der Waals surface area contributed by atoms with E-state index in [1.807, 2.05) is 31.2 Å². The number of carbonyl (C=O) groups excluding carboxylic acids is 2. The van der Waals surface area contributed by atoms with Gasteiger partial charge in [0.1, 0.15) is 5.60 Å². The Labute approximate surface area is 198 Å². The first-order valence-corrected chi connectivity index (χ1v) is 11.7. The Morgan fingerprint density at radius 3 is 2.67 bits per heavy atom. The van der Waals surface area contributed by atoms with Gasteiger partial charge in [-0.05, 0) is 58.7 Å². The number of hydrogen-bond donors (Lipinski definition) is 0. The van der Waals surface area contributed by atoms with Crippen LogP contribution in [0, 0.1) is 6.92 Å². The number of pyridine rings is 1. The van der Waals surface area contributed by atoms with Crippen molar-refractivity contribution in [1.82, 2.24) is 9.97 Å². The minimum absolute atomic E-state index is 0.0516. The monoisotopic (exact) mass is 466 g/mol. The van der Waals surface area contributed by atoms with Crippen LogP contribution < -0.4 is 4.90 Å². The molecule has 1 atom stereocenters. The lowest BCUT2D eigenvalue weighted by Crippen LogP contribution is -2.26. The second-order valence-corrected chi connectivity index (χ2v) is 9.93. The van der Waals surface area contributed by atoms with Crippen LogP contribution in [0.4, 0.5) is 9.93 Å². The lowest BCUT2D eigenvalue weighted by atomic mass is 9.92. The highest BCUT2D eigenvalue weighted by atomic mass is 32.1. The maximum atomic E-state index is 12.9. The van der Waals surface area contributed by atoms with Crippen molar-refractivity contribution in [2.24, 2.45) is 4.99 Å². The van der Waals surface area contributed by atoms with E-state index in [-0.39, 0.29) is 11.8 Å². The Balaban J connectivity index is 1.64. The van der Waals surface area contributed by atoms with E-state index >= 15 is 0 Å². The third kappa shape index (κ3) is 6.68. The standard InChI is InChI=1S/C25H30N4O3S/c1-16-22(17(2)28-24(31)32-25(3,4)5)33-23(27-16)29(6)21(30)15-18-10-12-19(13-11-18)20-9-7-8-14-26-20/h7-12,14,19H,13,15H2,1-6H3. The summed E-state index contributed by atoms with van der Waals surface area (Å²) in [5, 5.41) is 0.568. The van der Waals surface area contributed by atoms with Gasteiger partial charge in [-0.2, -0.15) is 4.99 Å². The summed E-state index contributed by atoms with van der Waals surface area (Å²) >= 11 is 1.33. The fraction of sp³-hybridized carbons (Fsp3) is 0.400. The van der Waals surface area contributed by atoms with Crippen LogP contribution in [0.15, 0.2) is 53.2 Å². The zero-order chi connectivity index (χ0) is 24.2. The molecule has 7 nitrogen and oxygen atoms in total. The smallest absolute Gasteiger partial charge is 0.434 e. The molecule has 0 aliphatic heterocycles. The number of aromatic nitrogens is 2. The molecule has 0 saturated heterocycles. The molecular formula is C25H30N4O3S. The highest BCUT2D eigenvalue weighted by Crippen LogP contribution is 2.29. The van der Waals surface area contributed by atoms with Crippen molar-refractivity contribution in [3.63, 3.8) is 0 Å². The molecule has 0 N–H and O–H groups in total. The fourth-order valence-corrected chi connectivity index (χ4v) is 4.33. The van der Waals surface area contributed by atoms with E-state index in [9.17, 15) is 9.59 Å². The predicted molar refractivity (Wildman–Crippen MR) is 132 cm³/mol. The molecule has 2 amide bonds. The molecule has 0 fully saturated rings. The second kappa shape index (κ2) is 10.2. The first-order valence-electron chi connectivity index (χ1n) is 10.8. The van der Waals surface area contributed by atoms with E-state index < -0.39 is 11.7 Å². The predicted octanol–water partition coefficient (Wildman–Crippen LogP) is 5.61. The Morgan fingerprint density at radius 2 is 2.06 bits per heavy atom. The minimum Gasteiger partial charge on any atom is -0.442 e. The molecule has 8 heteroatoms. The molecule has 33 heavy (non-hydrogen) atoms. The summed E-state index contributed by atoms with van der Waals surface area (Å²) in [6.45, 7) is 8.96. The summed E-state index contributed by atoms with van der Waals surface area (Å²) in [4.78, 5) is 40.2. The SMILES string of the molecule is CC(=NC(=O)OC(C)(C)C)c1sc(N(C)C(=O)CC2=CCC(c3ccccn3)C=C2)nc1C. The van der Waals surface area contributed by atoms with Crippen LogP contribution in [0.25, 0.3) is 0 Å². The number of allylic oxidation sites excluding steroid dienone is 3. The van der Waals surface area contributed by atoms with Crippen LogP contribution in [0.1, 0.15) is 62.7 Å². The Morgan fingerprint density at radius 1 is 1.30 bits per heavy atom. The van der Waals surface area contributed by atoms with Crippen molar-refractivity contribution in [1.29, 1.82) is 0 Å². The summed E-state index contributed by atoms with van der Waals surface area (Å²) in [5.74, 6) is 0.184. The number of aryl methyl sites for hydroxylation is 1. The molecule has 174 valence electrons. The summed E-state index contributed by atoms with van der Waals surface area (Å²) in [6.07, 6.45) is 8.48. The molecule has 2 aromatic rings. The van der Waals surface area contributed by atoms with Crippen molar-refractivity contribution >= 4 is 34.2 Å². The quantitative estimate of drug-likeness (QED) is 0.535. The number of thiazole rings is 1. The fourth-order valence-electron chi connectivity index (χ4n) is 3.34. The van der Waals surface area contributed by atoms with Crippen LogP contribution in [0.3, 0.4) is 0 Å². The van der Waals surface area contributed by atoms with Gasteiger partial charge in [-0.15, -0.1) is 0 Å². The molecule has 0 aromatic carbocycles. The van der Waals surface area contributed by atoms with Gasteiger partial charge in [-0.25, -0.2) is 9.78 Å². The largest absolute Gasteiger partial charge is 0.442 e. The van der Waals surface area contributed by atoms with Gasteiger partial charge in [-0.1, -0.05) is 35.6 Å². The van der Waals surface area contributed by atoms with Crippen LogP contribution in [-0.4, -0.2) is 40.3 Å². The van der Waals surface area contributed by atoms with Gasteiger partial charge in [0.2, 0.25) is 5.91 Å². The van der Waals surface area contributed by atoms with Crippen LogP contribution >= 0.6 is 11.3 Å². The van der Waals surface area contributed by atoms with Gasteiger partial charge in [0.05, 0.1) is 22.7 Å². The molecule has 1 aliphatic carbocycles. The zero-order valence-electron chi connectivity index (χ0n) is 20.0. The second-order valence-electron chi connectivity index (χ2n) is 8.95. The Bertz CT molecular complexity index is 1110. The number of ether oxygens (including phenoxy) is 1. The third-order valence-corrected chi connectivity index (χ3v) is 6.37. The van der Waals surface area contributed by atoms with Crippen molar-refractivity contribution in [3.8, 4) is 0 Å². The van der Waals surface area contributed by atoms with E-state index in [4.69, 9.17) is 4.74 Å². The van der Waals surface area contributed by atoms with Gasteiger partial charge in [0.25, 0.3) is 0 Å². The number of aliphatic imine (C=N–C) groups is 1. The Kier molecular flexibility index (Phi) is 7.58. The van der Waals surface area contributed by atoms with Gasteiger partial charge >= 0.3 is 6.09 Å². The minimum atomic E-state index is -0.640. The number of amides is 2. The lowest BCUT2D eigenvalue weighted by Gasteiger charge is -2.18. The zero-order valence-corrected chi connectivity index (χ0v) is 20.8. The first kappa shape index (κ1) is 24.5. The lowest BCUT2D eigenvalue weighted by molar-refractivity contribution is -0.117. The molecule has 1 unspecified atom stereocenters. The van der Waals surface area contributed by atoms with Crippen LogP contribution in [0.5, 0.6) is 0 Å². The van der Waals surface area contributed by atoms with E-state index in [0.29, 0.717) is 17.3 Å².